The molecule has 0 heterocycles. The number of nitrogens with one attached hydrogen (secondary N) is 3. The molecule has 0 saturated carbocycles. The van der Waals surface area contributed by atoms with E-state index in [0.717, 1.165) is 12.0 Å². The van der Waals surface area contributed by atoms with Gasteiger partial charge < -0.3 is 15.4 Å². The normalized spacial score (nSPS) is 11.4. The minimum atomic E-state index is -0.565. The van der Waals surface area contributed by atoms with Crippen LogP contribution in [0.3, 0.4) is 0 Å². The van der Waals surface area contributed by atoms with Crippen LogP contribution in [0.2, 0.25) is 5.02 Å². The fraction of sp³-hybridized carbons (Fsp3) is 0.300. The maximum atomic E-state index is 11.9. The van der Waals surface area contributed by atoms with Crippen molar-refractivity contribution in [3.63, 3.8) is 0 Å². The van der Waals surface area contributed by atoms with Crippen LogP contribution >= 0.6 is 11.6 Å². The van der Waals surface area contributed by atoms with E-state index in [-0.39, 0.29) is 18.7 Å². The van der Waals surface area contributed by atoms with Crippen LogP contribution in [0, 0.1) is 0 Å². The van der Waals surface area contributed by atoms with Gasteiger partial charge in [-0.1, -0.05) is 48.9 Å². The molecule has 0 aliphatic carbocycles. The van der Waals surface area contributed by atoms with Crippen LogP contribution in [0.1, 0.15) is 25.0 Å². The number of amides is 3. The molecular weight excluding hydrogens is 366 g/mol. The summed E-state index contributed by atoms with van der Waals surface area (Å²) in [5.74, 6) is 0. The molecule has 3 amide bonds. The molecule has 0 aliphatic heterocycles. The van der Waals surface area contributed by atoms with Gasteiger partial charge in [-0.15, -0.1) is 0 Å². The van der Waals surface area contributed by atoms with E-state index in [1.165, 1.54) is 5.56 Å². The van der Waals surface area contributed by atoms with Crippen LogP contribution in [-0.4, -0.2) is 24.8 Å². The summed E-state index contributed by atoms with van der Waals surface area (Å²) in [7, 11) is 0. The number of rotatable bonds is 7. The summed E-state index contributed by atoms with van der Waals surface area (Å²) in [6, 6.07) is 14.1. The summed E-state index contributed by atoms with van der Waals surface area (Å²) in [5, 5.41) is 8.67. The van der Waals surface area contributed by atoms with Crippen LogP contribution in [-0.2, 0) is 17.7 Å². The van der Waals surface area contributed by atoms with Gasteiger partial charge in [-0.25, -0.2) is 9.59 Å². The highest BCUT2D eigenvalue weighted by molar-refractivity contribution is 6.31. The Balaban J connectivity index is 1.68. The average Bonchev–Trinajstić information content (AvgIpc) is 2.66. The predicted octanol–water partition coefficient (Wildman–Crippen LogP) is 4.34. The third-order valence-electron chi connectivity index (χ3n) is 3.85. The molecule has 1 atom stereocenters. The Labute approximate surface area is 164 Å². The molecule has 0 radical (unpaired) electrons. The van der Waals surface area contributed by atoms with Gasteiger partial charge in [0.05, 0.1) is 6.04 Å². The van der Waals surface area contributed by atoms with E-state index >= 15 is 0 Å². The molecular formula is C20H24ClN3O3. The molecule has 2 aromatic carbocycles. The van der Waals surface area contributed by atoms with Gasteiger partial charge in [0, 0.05) is 17.3 Å². The molecule has 0 fully saturated rings. The van der Waals surface area contributed by atoms with Gasteiger partial charge in [0.1, 0.15) is 6.61 Å². The van der Waals surface area contributed by atoms with Gasteiger partial charge in [-0.2, -0.15) is 0 Å². The summed E-state index contributed by atoms with van der Waals surface area (Å²) in [5.41, 5.74) is 2.68. The van der Waals surface area contributed by atoms with Gasteiger partial charge in [0.2, 0.25) is 0 Å². The summed E-state index contributed by atoms with van der Waals surface area (Å²) in [6.45, 7) is 4.18. The first-order valence-corrected chi connectivity index (χ1v) is 9.16. The van der Waals surface area contributed by atoms with Gasteiger partial charge in [0.25, 0.3) is 0 Å². The number of benzene rings is 2. The predicted molar refractivity (Wildman–Crippen MR) is 107 cm³/mol. The second-order valence-corrected chi connectivity index (χ2v) is 6.50. The highest BCUT2D eigenvalue weighted by Crippen LogP contribution is 2.14. The summed E-state index contributed by atoms with van der Waals surface area (Å²) in [6.07, 6.45) is 0.372. The van der Waals surface area contributed by atoms with Gasteiger partial charge in [-0.3, -0.25) is 5.32 Å². The first-order chi connectivity index (χ1) is 13.0. The molecule has 0 aliphatic rings. The number of hydrogen-bond acceptors (Lipinski definition) is 3. The average molecular weight is 390 g/mol. The maximum Gasteiger partial charge on any atom is 0.411 e. The Morgan fingerprint density at radius 3 is 2.48 bits per heavy atom. The Bertz CT molecular complexity index is 765. The molecule has 0 bridgehead atoms. The third-order valence-corrected chi connectivity index (χ3v) is 4.22. The number of aryl methyl sites for hydroxylation is 1. The molecule has 3 N–H and O–H groups in total. The topological polar surface area (TPSA) is 79.5 Å². The van der Waals surface area contributed by atoms with Crippen LogP contribution in [0.25, 0.3) is 0 Å². The van der Waals surface area contributed by atoms with Gasteiger partial charge in [-0.05, 0) is 42.7 Å². The summed E-state index contributed by atoms with van der Waals surface area (Å²) >= 11 is 6.05. The van der Waals surface area contributed by atoms with Crippen LogP contribution in [0.4, 0.5) is 15.3 Å². The van der Waals surface area contributed by atoms with Crippen molar-refractivity contribution in [2.24, 2.45) is 0 Å². The smallest absolute Gasteiger partial charge is 0.411 e. The first kappa shape index (κ1) is 20.6. The Kier molecular flexibility index (Phi) is 7.95. The van der Waals surface area contributed by atoms with Crippen LogP contribution in [0.5, 0.6) is 0 Å². The zero-order valence-electron chi connectivity index (χ0n) is 15.4. The Morgan fingerprint density at radius 2 is 1.81 bits per heavy atom. The largest absolute Gasteiger partial charge is 0.447 e. The number of anilines is 1. The first-order valence-electron chi connectivity index (χ1n) is 8.78. The van der Waals surface area contributed by atoms with Crippen LogP contribution in [0.15, 0.2) is 48.5 Å². The van der Waals surface area contributed by atoms with Crippen molar-refractivity contribution >= 4 is 29.4 Å². The van der Waals surface area contributed by atoms with E-state index in [9.17, 15) is 9.59 Å². The SMILES string of the molecule is CCc1ccc(NC(=O)OC[C@H](C)NC(=O)NCc2ccccc2Cl)cc1. The number of urea groups is 1. The fourth-order valence-corrected chi connectivity index (χ4v) is 2.51. The molecule has 2 aromatic rings. The van der Waals surface area contributed by atoms with Gasteiger partial charge in [0.15, 0.2) is 0 Å². The van der Waals surface area contributed by atoms with E-state index in [2.05, 4.69) is 22.9 Å². The zero-order chi connectivity index (χ0) is 19.6. The summed E-state index contributed by atoms with van der Waals surface area (Å²) in [4.78, 5) is 23.7. The standard InChI is InChI=1S/C20H24ClN3O3/c1-3-15-8-10-17(11-9-15)24-20(26)27-13-14(2)23-19(25)22-12-16-6-4-5-7-18(16)21/h4-11,14H,3,12-13H2,1-2H3,(H,24,26)(H2,22,23,25)/t14-/m0/s1. The van der Waals surface area contributed by atoms with E-state index in [1.54, 1.807) is 13.0 Å². The van der Waals surface area contributed by atoms with Crippen molar-refractivity contribution in [1.82, 2.24) is 10.6 Å². The number of hydrogen-bond donors (Lipinski definition) is 3. The number of carbonyl (C=O) groups excluding carboxylic acids is 2. The zero-order valence-corrected chi connectivity index (χ0v) is 16.2. The number of halogens is 1. The van der Waals surface area contributed by atoms with Crippen molar-refractivity contribution in [2.45, 2.75) is 32.9 Å². The molecule has 0 saturated heterocycles. The van der Waals surface area contributed by atoms with Gasteiger partial charge >= 0.3 is 12.1 Å². The quantitative estimate of drug-likeness (QED) is 0.659. The van der Waals surface area contributed by atoms with Crippen molar-refractivity contribution in [1.29, 1.82) is 0 Å². The van der Waals surface area contributed by atoms with Crippen LogP contribution < -0.4 is 16.0 Å². The molecule has 0 aromatic heterocycles. The molecule has 0 unspecified atom stereocenters. The fourth-order valence-electron chi connectivity index (χ4n) is 2.31. The van der Waals surface area contributed by atoms with E-state index in [0.29, 0.717) is 17.3 Å². The molecule has 6 nitrogen and oxygen atoms in total. The lowest BCUT2D eigenvalue weighted by atomic mass is 10.1. The van der Waals surface area contributed by atoms with E-state index < -0.39 is 6.09 Å². The highest BCUT2D eigenvalue weighted by Gasteiger charge is 2.11. The third kappa shape index (κ3) is 7.19. The van der Waals surface area contributed by atoms with E-state index in [4.69, 9.17) is 16.3 Å². The lowest BCUT2D eigenvalue weighted by Gasteiger charge is -2.15. The van der Waals surface area contributed by atoms with Crippen molar-refractivity contribution in [3.05, 3.63) is 64.7 Å². The van der Waals surface area contributed by atoms with Crippen molar-refractivity contribution in [2.75, 3.05) is 11.9 Å². The lowest BCUT2D eigenvalue weighted by molar-refractivity contribution is 0.150. The molecule has 7 heteroatoms. The number of ether oxygens (including phenoxy) is 1. The second kappa shape index (κ2) is 10.4. The summed E-state index contributed by atoms with van der Waals surface area (Å²) < 4.78 is 5.13. The number of carbonyl (C=O) groups is 2. The Morgan fingerprint density at radius 1 is 1.11 bits per heavy atom. The highest BCUT2D eigenvalue weighted by atomic mass is 35.5. The van der Waals surface area contributed by atoms with E-state index in [1.807, 2.05) is 42.5 Å². The lowest BCUT2D eigenvalue weighted by Crippen LogP contribution is -2.43. The van der Waals surface area contributed by atoms with Crippen molar-refractivity contribution in [3.8, 4) is 0 Å². The Hall–Kier alpha value is -2.73. The molecule has 0 spiro atoms. The minimum Gasteiger partial charge on any atom is -0.447 e. The second-order valence-electron chi connectivity index (χ2n) is 6.09. The molecule has 144 valence electrons. The molecule has 2 rings (SSSR count). The van der Waals surface area contributed by atoms with Crippen molar-refractivity contribution < 1.29 is 14.3 Å². The monoisotopic (exact) mass is 389 g/mol. The molecule has 27 heavy (non-hydrogen) atoms. The minimum absolute atomic E-state index is 0.0540. The maximum absolute atomic E-state index is 11.9.